The molecule has 2 aromatic rings. The fraction of sp³-hybridized carbons (Fsp3) is 0.286. The summed E-state index contributed by atoms with van der Waals surface area (Å²) in [5.74, 6) is 0. The van der Waals surface area contributed by atoms with Gasteiger partial charge in [0.05, 0.1) is 0 Å². The maximum atomic E-state index is 6.06. The minimum absolute atomic E-state index is 0.159. The maximum absolute atomic E-state index is 6.06. The van der Waals surface area contributed by atoms with Gasteiger partial charge in [0.2, 0.25) is 0 Å². The van der Waals surface area contributed by atoms with Crippen molar-refractivity contribution in [1.82, 2.24) is 0 Å². The molecule has 2 heteroatoms. The summed E-state index contributed by atoms with van der Waals surface area (Å²) >= 11 is -0.422. The number of hydrogen-bond donors (Lipinski definition) is 1. The van der Waals surface area contributed by atoms with E-state index < -0.39 is 21.1 Å². The molecule has 2 N–H and O–H groups in total. The van der Waals surface area contributed by atoms with Gasteiger partial charge in [0.25, 0.3) is 0 Å². The van der Waals surface area contributed by atoms with E-state index >= 15 is 0 Å². The van der Waals surface area contributed by atoms with Gasteiger partial charge in [-0.2, -0.15) is 0 Å². The molecule has 0 saturated heterocycles. The van der Waals surface area contributed by atoms with Crippen LogP contribution in [-0.2, 0) is 0 Å². The van der Waals surface area contributed by atoms with E-state index in [0.29, 0.717) is 0 Å². The molecule has 0 aliphatic heterocycles. The van der Waals surface area contributed by atoms with Crippen LogP contribution in [0.25, 0.3) is 10.8 Å². The van der Waals surface area contributed by atoms with Crippen molar-refractivity contribution in [3.05, 3.63) is 42.0 Å². The van der Waals surface area contributed by atoms with Gasteiger partial charge in [0, 0.05) is 0 Å². The molecule has 1 unspecified atom stereocenters. The fourth-order valence-corrected chi connectivity index (χ4v) is 5.24. The number of benzene rings is 2. The van der Waals surface area contributed by atoms with Crippen molar-refractivity contribution in [2.75, 3.05) is 0 Å². The van der Waals surface area contributed by atoms with Crippen molar-refractivity contribution in [2.24, 2.45) is 5.73 Å². The van der Waals surface area contributed by atoms with E-state index in [0.717, 1.165) is 0 Å². The van der Waals surface area contributed by atoms with Crippen molar-refractivity contribution in [1.29, 1.82) is 0 Å². The van der Waals surface area contributed by atoms with E-state index in [1.54, 1.807) is 3.58 Å². The van der Waals surface area contributed by atoms with Crippen LogP contribution in [0, 0.1) is 0 Å². The number of rotatable bonds is 3. The molecule has 1 atom stereocenters. The van der Waals surface area contributed by atoms with Crippen LogP contribution in [0.5, 0.6) is 0 Å². The molecule has 0 aliphatic rings. The molecule has 0 amide bonds. The van der Waals surface area contributed by atoms with E-state index in [1.165, 1.54) is 20.8 Å². The van der Waals surface area contributed by atoms with Gasteiger partial charge in [0.15, 0.2) is 0 Å². The van der Waals surface area contributed by atoms with Gasteiger partial charge in [-0.15, -0.1) is 0 Å². The van der Waals surface area contributed by atoms with Gasteiger partial charge in [0.1, 0.15) is 0 Å². The molecular weight excluding hydrogens is 301 g/mol. The normalized spacial score (nSPS) is 12.4. The van der Waals surface area contributed by atoms with Crippen LogP contribution in [0.4, 0.5) is 0 Å². The van der Waals surface area contributed by atoms with Crippen LogP contribution < -0.4 is 9.31 Å². The zero-order valence-corrected chi connectivity index (χ0v) is 12.7. The summed E-state index contributed by atoms with van der Waals surface area (Å²) in [6, 6.07) is 13.4. The second-order valence-electron chi connectivity index (χ2n) is 4.11. The third-order valence-electron chi connectivity index (χ3n) is 2.78. The molecule has 0 aliphatic carbocycles. The Labute approximate surface area is 107 Å². The summed E-state index contributed by atoms with van der Waals surface area (Å²) in [4.78, 5) is 0. The molecule has 2 rings (SSSR count). The predicted octanol–water partition coefficient (Wildman–Crippen LogP) is 2.63. The van der Waals surface area contributed by atoms with E-state index in [2.05, 4.69) is 50.2 Å². The number of hydrogen-bond acceptors (Lipinski definition) is 1. The summed E-state index contributed by atoms with van der Waals surface area (Å²) < 4.78 is 2.90. The van der Waals surface area contributed by atoms with Gasteiger partial charge in [-0.1, -0.05) is 0 Å². The van der Waals surface area contributed by atoms with Gasteiger partial charge >= 0.3 is 108 Å². The quantitative estimate of drug-likeness (QED) is 0.865. The second kappa shape index (κ2) is 5.19. The molecular formula is C14H17NSn+2. The van der Waals surface area contributed by atoms with Gasteiger partial charge in [-0.05, 0) is 0 Å². The van der Waals surface area contributed by atoms with E-state index in [9.17, 15) is 0 Å². The first-order chi connectivity index (χ1) is 7.72. The van der Waals surface area contributed by atoms with Crippen LogP contribution in [0.3, 0.4) is 0 Å². The van der Waals surface area contributed by atoms with Gasteiger partial charge in [-0.3, -0.25) is 0 Å². The topological polar surface area (TPSA) is 26.0 Å². The fourth-order valence-electron chi connectivity index (χ4n) is 1.98. The van der Waals surface area contributed by atoms with Crippen molar-refractivity contribution in [3.8, 4) is 0 Å². The molecule has 1 nitrogen and oxygen atoms in total. The van der Waals surface area contributed by atoms with Crippen molar-refractivity contribution in [3.63, 3.8) is 0 Å². The Bertz CT molecular complexity index is 491. The van der Waals surface area contributed by atoms with Crippen molar-refractivity contribution >= 4 is 35.5 Å². The zero-order valence-electron chi connectivity index (χ0n) is 9.83. The van der Waals surface area contributed by atoms with Crippen LogP contribution in [0.1, 0.15) is 25.5 Å². The number of fused-ring (bicyclic) bond motifs is 1. The van der Waals surface area contributed by atoms with Crippen LogP contribution in [0.15, 0.2) is 36.4 Å². The molecule has 2 aromatic carbocycles. The Morgan fingerprint density at radius 3 is 2.38 bits per heavy atom. The molecule has 16 heavy (non-hydrogen) atoms. The molecule has 80 valence electrons. The van der Waals surface area contributed by atoms with E-state index in [-0.39, 0.29) is 6.04 Å². The molecule has 0 heterocycles. The monoisotopic (exact) mass is 319 g/mol. The third-order valence-corrected chi connectivity index (χ3v) is 6.11. The van der Waals surface area contributed by atoms with E-state index in [1.807, 2.05) is 0 Å². The summed E-state index contributed by atoms with van der Waals surface area (Å²) in [7, 11) is 0. The summed E-state index contributed by atoms with van der Waals surface area (Å²) in [5.41, 5.74) is 7.43. The Morgan fingerprint density at radius 1 is 1.19 bits per heavy atom. The molecule has 0 radical (unpaired) electrons. The SMILES string of the molecule is C[CH2][Sn+2][c]1cc2ccccc2cc1C(C)N. The van der Waals surface area contributed by atoms with Gasteiger partial charge < -0.3 is 0 Å². The second-order valence-corrected chi connectivity index (χ2v) is 8.67. The first-order valence-electron chi connectivity index (χ1n) is 5.74. The first-order valence-corrected chi connectivity index (χ1v) is 9.19. The molecule has 0 aromatic heterocycles. The number of nitrogens with two attached hydrogens (primary N) is 1. The average Bonchev–Trinajstić information content (AvgIpc) is 2.28. The van der Waals surface area contributed by atoms with Crippen LogP contribution in [0.2, 0.25) is 4.44 Å². The molecule has 0 bridgehead atoms. The Kier molecular flexibility index (Phi) is 3.87. The average molecular weight is 318 g/mol. The molecule has 0 spiro atoms. The Balaban J connectivity index is 2.61. The third kappa shape index (κ3) is 2.41. The Hall–Kier alpha value is -0.541. The molecule has 0 fully saturated rings. The van der Waals surface area contributed by atoms with Crippen molar-refractivity contribution < 1.29 is 0 Å². The predicted molar refractivity (Wildman–Crippen MR) is 72.4 cm³/mol. The van der Waals surface area contributed by atoms with E-state index in [4.69, 9.17) is 5.73 Å². The summed E-state index contributed by atoms with van der Waals surface area (Å²) in [5, 5.41) is 2.67. The first kappa shape index (κ1) is 11.9. The minimum atomic E-state index is -0.422. The molecule has 0 saturated carbocycles. The van der Waals surface area contributed by atoms with Gasteiger partial charge in [-0.25, -0.2) is 0 Å². The summed E-state index contributed by atoms with van der Waals surface area (Å²) in [6.45, 7) is 4.37. The Morgan fingerprint density at radius 2 is 1.81 bits per heavy atom. The van der Waals surface area contributed by atoms with Crippen LogP contribution in [-0.4, -0.2) is 21.1 Å². The standard InChI is InChI=1S/C12H12N.C2H5.Sn/c1-9(13)11-7-6-10-4-2-3-5-12(10)8-11;1-2;/h2-6,8-9H,13H2,1H3;1H2,2H3;/q;;+2. The zero-order chi connectivity index (χ0) is 11.5. The van der Waals surface area contributed by atoms with Crippen molar-refractivity contribution in [2.45, 2.75) is 24.3 Å². The summed E-state index contributed by atoms with van der Waals surface area (Å²) in [6.07, 6.45) is 0. The van der Waals surface area contributed by atoms with Crippen LogP contribution >= 0.6 is 0 Å².